The van der Waals surface area contributed by atoms with Crippen LogP contribution in [0.1, 0.15) is 45.1 Å². The van der Waals surface area contributed by atoms with Crippen molar-refractivity contribution in [2.45, 2.75) is 45.7 Å². The van der Waals surface area contributed by atoms with Crippen LogP contribution in [0.25, 0.3) is 0 Å². The van der Waals surface area contributed by atoms with Gasteiger partial charge in [-0.05, 0) is 54.7 Å². The predicted molar refractivity (Wildman–Crippen MR) is 117 cm³/mol. The fraction of sp³-hybridized carbons (Fsp3) is 0.320. The quantitative estimate of drug-likeness (QED) is 0.517. The van der Waals surface area contributed by atoms with E-state index < -0.39 is 0 Å². The van der Waals surface area contributed by atoms with Gasteiger partial charge in [0.05, 0.1) is 5.69 Å². The van der Waals surface area contributed by atoms with Crippen LogP contribution in [0.3, 0.4) is 0 Å². The second-order valence-corrected chi connectivity index (χ2v) is 8.02. The number of aromatic nitrogens is 1. The average molecular weight is 370 g/mol. The lowest BCUT2D eigenvalue weighted by molar-refractivity contribution is 0.157. The Bertz CT molecular complexity index is 993. The van der Waals surface area contributed by atoms with Crippen molar-refractivity contribution in [1.82, 2.24) is 4.98 Å². The minimum absolute atomic E-state index is 0.130. The first-order valence-electron chi connectivity index (χ1n) is 10.4. The van der Waals surface area contributed by atoms with E-state index in [-0.39, 0.29) is 11.6 Å². The molecule has 0 fully saturated rings. The SMILES string of the molecule is CCC1(CC)C(C)c2ccccc2N2c3ncccc3N(c3ccccc3)C21. The van der Waals surface area contributed by atoms with E-state index in [1.807, 2.05) is 6.20 Å². The number of anilines is 4. The molecule has 142 valence electrons. The van der Waals surface area contributed by atoms with Crippen molar-refractivity contribution < 1.29 is 0 Å². The van der Waals surface area contributed by atoms with Crippen LogP contribution in [0, 0.1) is 5.41 Å². The maximum absolute atomic E-state index is 4.86. The molecule has 2 aliphatic rings. The third-order valence-electron chi connectivity index (χ3n) is 7.13. The highest BCUT2D eigenvalue weighted by Gasteiger charge is 2.56. The van der Waals surface area contributed by atoms with E-state index in [1.54, 1.807) is 0 Å². The maximum Gasteiger partial charge on any atom is 0.158 e. The lowest BCUT2D eigenvalue weighted by atomic mass is 9.64. The average Bonchev–Trinajstić information content (AvgIpc) is 3.11. The number of para-hydroxylation sites is 2. The van der Waals surface area contributed by atoms with Gasteiger partial charge in [0.15, 0.2) is 5.82 Å². The molecule has 0 aliphatic carbocycles. The van der Waals surface area contributed by atoms with Crippen LogP contribution < -0.4 is 9.80 Å². The molecule has 0 N–H and O–H groups in total. The van der Waals surface area contributed by atoms with E-state index in [4.69, 9.17) is 4.98 Å². The summed E-state index contributed by atoms with van der Waals surface area (Å²) in [6, 6.07) is 24.0. The van der Waals surface area contributed by atoms with Gasteiger partial charge >= 0.3 is 0 Å². The smallest absolute Gasteiger partial charge is 0.158 e. The Labute approximate surface area is 167 Å². The number of hydrogen-bond acceptors (Lipinski definition) is 3. The number of benzene rings is 2. The van der Waals surface area contributed by atoms with Crippen molar-refractivity contribution in [1.29, 1.82) is 0 Å². The van der Waals surface area contributed by atoms with Crippen LogP contribution in [-0.2, 0) is 0 Å². The Morgan fingerprint density at radius 2 is 1.50 bits per heavy atom. The lowest BCUT2D eigenvalue weighted by Gasteiger charge is -2.54. The van der Waals surface area contributed by atoms with E-state index in [1.165, 1.54) is 22.6 Å². The fourth-order valence-corrected chi connectivity index (χ4v) is 5.59. The van der Waals surface area contributed by atoms with Crippen molar-refractivity contribution in [3.05, 3.63) is 78.5 Å². The van der Waals surface area contributed by atoms with Crippen molar-refractivity contribution in [3.63, 3.8) is 0 Å². The predicted octanol–water partition coefficient (Wildman–Crippen LogP) is 6.62. The topological polar surface area (TPSA) is 19.4 Å². The molecular weight excluding hydrogens is 342 g/mol. The molecule has 5 rings (SSSR count). The van der Waals surface area contributed by atoms with Crippen molar-refractivity contribution in [2.24, 2.45) is 5.41 Å². The minimum atomic E-state index is 0.130. The Kier molecular flexibility index (Phi) is 3.94. The summed E-state index contributed by atoms with van der Waals surface area (Å²) in [4.78, 5) is 9.90. The second kappa shape index (κ2) is 6.37. The van der Waals surface area contributed by atoms with E-state index >= 15 is 0 Å². The Hall–Kier alpha value is -2.81. The Balaban J connectivity index is 1.84. The van der Waals surface area contributed by atoms with Crippen LogP contribution >= 0.6 is 0 Å². The van der Waals surface area contributed by atoms with Gasteiger partial charge in [0.1, 0.15) is 6.17 Å². The van der Waals surface area contributed by atoms with Gasteiger partial charge in [-0.3, -0.25) is 0 Å². The third kappa shape index (κ3) is 2.13. The summed E-state index contributed by atoms with van der Waals surface area (Å²) in [6.45, 7) is 7.13. The number of hydrogen-bond donors (Lipinski definition) is 0. The van der Waals surface area contributed by atoms with Gasteiger partial charge in [0, 0.05) is 23.0 Å². The van der Waals surface area contributed by atoms with Gasteiger partial charge in [-0.2, -0.15) is 0 Å². The van der Waals surface area contributed by atoms with Crippen LogP contribution in [0.4, 0.5) is 22.9 Å². The standard InChI is InChI=1S/C25H27N3/c1-4-25(5-2)18(3)20-14-9-10-15-21(20)28-23-22(16-11-17-26-23)27(24(25)28)19-12-7-6-8-13-19/h6-18,24H,4-5H2,1-3H3. The summed E-state index contributed by atoms with van der Waals surface area (Å²) in [5.74, 6) is 1.54. The molecular formula is C25H27N3. The number of nitrogens with zero attached hydrogens (tertiary/aromatic N) is 3. The molecule has 0 saturated carbocycles. The summed E-state index contributed by atoms with van der Waals surface area (Å²) in [5, 5.41) is 0. The van der Waals surface area contributed by atoms with Crippen molar-refractivity contribution >= 4 is 22.9 Å². The zero-order valence-electron chi connectivity index (χ0n) is 16.8. The van der Waals surface area contributed by atoms with Crippen LogP contribution in [0.5, 0.6) is 0 Å². The summed E-state index contributed by atoms with van der Waals surface area (Å²) in [5.41, 5.74) is 5.31. The molecule has 2 aliphatic heterocycles. The number of rotatable bonds is 3. The van der Waals surface area contributed by atoms with Crippen LogP contribution in [0.2, 0.25) is 0 Å². The van der Waals surface area contributed by atoms with E-state index in [0.717, 1.165) is 18.7 Å². The molecule has 2 aromatic carbocycles. The molecule has 0 radical (unpaired) electrons. The van der Waals surface area contributed by atoms with Gasteiger partial charge in [-0.1, -0.05) is 57.2 Å². The molecule has 0 saturated heterocycles. The summed E-state index contributed by atoms with van der Waals surface area (Å²) >= 11 is 0. The monoisotopic (exact) mass is 369 g/mol. The summed E-state index contributed by atoms with van der Waals surface area (Å²) in [7, 11) is 0. The maximum atomic E-state index is 4.86. The molecule has 3 nitrogen and oxygen atoms in total. The molecule has 0 amide bonds. The third-order valence-corrected chi connectivity index (χ3v) is 7.13. The normalized spacial score (nSPS) is 21.8. The first-order chi connectivity index (χ1) is 13.7. The molecule has 28 heavy (non-hydrogen) atoms. The zero-order valence-corrected chi connectivity index (χ0v) is 16.8. The summed E-state index contributed by atoms with van der Waals surface area (Å²) < 4.78 is 0. The number of pyridine rings is 1. The molecule has 0 spiro atoms. The second-order valence-electron chi connectivity index (χ2n) is 8.02. The van der Waals surface area contributed by atoms with E-state index in [2.05, 4.69) is 97.3 Å². The highest BCUT2D eigenvalue weighted by Crippen LogP contribution is 2.61. The summed E-state index contributed by atoms with van der Waals surface area (Å²) in [6.07, 6.45) is 4.39. The molecule has 0 bridgehead atoms. The molecule has 2 unspecified atom stereocenters. The molecule has 3 heteroatoms. The molecule has 1 aromatic heterocycles. The van der Waals surface area contributed by atoms with E-state index in [9.17, 15) is 0 Å². The fourth-order valence-electron chi connectivity index (χ4n) is 5.59. The largest absolute Gasteiger partial charge is 0.316 e. The Morgan fingerprint density at radius 1 is 0.821 bits per heavy atom. The van der Waals surface area contributed by atoms with Gasteiger partial charge < -0.3 is 9.80 Å². The lowest BCUT2D eigenvalue weighted by Crippen LogP contribution is -2.56. The molecule has 3 aromatic rings. The van der Waals surface area contributed by atoms with Gasteiger partial charge in [0.25, 0.3) is 0 Å². The van der Waals surface area contributed by atoms with Gasteiger partial charge in [-0.15, -0.1) is 0 Å². The van der Waals surface area contributed by atoms with Gasteiger partial charge in [-0.25, -0.2) is 4.98 Å². The van der Waals surface area contributed by atoms with Crippen LogP contribution in [0.15, 0.2) is 72.9 Å². The van der Waals surface area contributed by atoms with Crippen molar-refractivity contribution in [3.8, 4) is 0 Å². The minimum Gasteiger partial charge on any atom is -0.316 e. The molecule has 2 atom stereocenters. The first-order valence-corrected chi connectivity index (χ1v) is 10.4. The Morgan fingerprint density at radius 3 is 2.25 bits per heavy atom. The van der Waals surface area contributed by atoms with E-state index in [0.29, 0.717) is 5.92 Å². The molecule has 3 heterocycles. The number of fused-ring (bicyclic) bond motifs is 5. The highest BCUT2D eigenvalue weighted by molar-refractivity contribution is 5.88. The van der Waals surface area contributed by atoms with Crippen LogP contribution in [-0.4, -0.2) is 11.1 Å². The first kappa shape index (κ1) is 17.3. The van der Waals surface area contributed by atoms with Gasteiger partial charge in [0.2, 0.25) is 0 Å². The highest BCUT2D eigenvalue weighted by atomic mass is 15.5. The van der Waals surface area contributed by atoms with Crippen molar-refractivity contribution in [2.75, 3.05) is 9.80 Å². The zero-order chi connectivity index (χ0) is 19.3.